The summed E-state index contributed by atoms with van der Waals surface area (Å²) < 4.78 is 0. The first-order valence-corrected chi connectivity index (χ1v) is 4.20. The van der Waals surface area contributed by atoms with Crippen molar-refractivity contribution in [1.82, 2.24) is 9.97 Å². The Morgan fingerprint density at radius 1 is 1.33 bits per heavy atom. The minimum atomic E-state index is 0.361. The number of aromatic nitrogens is 2. The fourth-order valence-electron chi connectivity index (χ4n) is 1.49. The van der Waals surface area contributed by atoms with Gasteiger partial charge in [-0.1, -0.05) is 0 Å². The van der Waals surface area contributed by atoms with Gasteiger partial charge in [0.15, 0.2) is 0 Å². The second-order valence-electron chi connectivity index (χ2n) is 2.97. The first kappa shape index (κ1) is 7.34. The summed E-state index contributed by atoms with van der Waals surface area (Å²) in [5, 5.41) is 0. The lowest BCUT2D eigenvalue weighted by Gasteiger charge is -2.15. The highest BCUT2D eigenvalue weighted by molar-refractivity contribution is 5.41. The van der Waals surface area contributed by atoms with E-state index in [2.05, 4.69) is 14.9 Å². The Kier molecular flexibility index (Phi) is 1.81. The topological polar surface area (TPSA) is 55.0 Å². The van der Waals surface area contributed by atoms with Gasteiger partial charge in [0.25, 0.3) is 0 Å². The Hall–Kier alpha value is -1.32. The van der Waals surface area contributed by atoms with Crippen molar-refractivity contribution in [2.24, 2.45) is 0 Å². The molecule has 64 valence electrons. The van der Waals surface area contributed by atoms with Crippen LogP contribution in [0.5, 0.6) is 0 Å². The van der Waals surface area contributed by atoms with Crippen LogP contribution in [0.1, 0.15) is 12.8 Å². The van der Waals surface area contributed by atoms with Crippen molar-refractivity contribution in [3.05, 3.63) is 12.3 Å². The average molecular weight is 164 g/mol. The average Bonchev–Trinajstić information content (AvgIpc) is 2.56. The van der Waals surface area contributed by atoms with Gasteiger partial charge in [-0.2, -0.15) is 4.98 Å². The van der Waals surface area contributed by atoms with Crippen molar-refractivity contribution >= 4 is 11.8 Å². The lowest BCUT2D eigenvalue weighted by Crippen LogP contribution is -2.19. The predicted octanol–water partition coefficient (Wildman–Crippen LogP) is 0.659. The molecular formula is C8H12N4. The maximum atomic E-state index is 5.48. The van der Waals surface area contributed by atoms with Crippen molar-refractivity contribution in [3.63, 3.8) is 0 Å². The maximum absolute atomic E-state index is 5.48. The maximum Gasteiger partial charge on any atom is 0.221 e. The van der Waals surface area contributed by atoms with Gasteiger partial charge in [0.1, 0.15) is 5.82 Å². The number of hydrogen-bond acceptors (Lipinski definition) is 4. The normalized spacial score (nSPS) is 16.8. The highest BCUT2D eigenvalue weighted by Gasteiger charge is 2.12. The molecule has 1 aromatic rings. The molecule has 0 radical (unpaired) electrons. The lowest BCUT2D eigenvalue weighted by molar-refractivity contribution is 0.931. The van der Waals surface area contributed by atoms with E-state index in [1.165, 1.54) is 12.8 Å². The number of nitrogens with two attached hydrogens (primary N) is 1. The quantitative estimate of drug-likeness (QED) is 0.662. The van der Waals surface area contributed by atoms with E-state index >= 15 is 0 Å². The Labute approximate surface area is 71.4 Å². The molecule has 2 rings (SSSR count). The van der Waals surface area contributed by atoms with E-state index in [-0.39, 0.29) is 0 Å². The van der Waals surface area contributed by atoms with E-state index in [0.717, 1.165) is 18.9 Å². The molecule has 0 atom stereocenters. The van der Waals surface area contributed by atoms with Gasteiger partial charge in [-0.3, -0.25) is 0 Å². The van der Waals surface area contributed by atoms with Crippen LogP contribution in [0, 0.1) is 0 Å². The minimum absolute atomic E-state index is 0.361. The number of hydrogen-bond donors (Lipinski definition) is 1. The van der Waals surface area contributed by atoms with Crippen molar-refractivity contribution in [1.29, 1.82) is 0 Å². The summed E-state index contributed by atoms with van der Waals surface area (Å²) in [6, 6.07) is 1.90. The van der Waals surface area contributed by atoms with Crippen LogP contribution in [-0.2, 0) is 0 Å². The molecule has 0 saturated carbocycles. The second-order valence-corrected chi connectivity index (χ2v) is 2.97. The molecule has 4 heteroatoms. The predicted molar refractivity (Wildman–Crippen MR) is 47.9 cm³/mol. The zero-order valence-corrected chi connectivity index (χ0v) is 6.90. The van der Waals surface area contributed by atoms with E-state index in [1.807, 2.05) is 6.07 Å². The molecule has 0 amide bonds. The van der Waals surface area contributed by atoms with Crippen molar-refractivity contribution in [2.45, 2.75) is 12.8 Å². The van der Waals surface area contributed by atoms with Gasteiger partial charge in [0.05, 0.1) is 0 Å². The van der Waals surface area contributed by atoms with E-state index < -0.39 is 0 Å². The van der Waals surface area contributed by atoms with Crippen LogP contribution in [0.4, 0.5) is 11.8 Å². The Morgan fingerprint density at radius 3 is 2.75 bits per heavy atom. The summed E-state index contributed by atoms with van der Waals surface area (Å²) in [5.41, 5.74) is 5.48. The SMILES string of the molecule is Nc1nccc(N2CCCC2)n1. The first-order chi connectivity index (χ1) is 5.86. The summed E-state index contributed by atoms with van der Waals surface area (Å²) in [6.45, 7) is 2.19. The van der Waals surface area contributed by atoms with Gasteiger partial charge >= 0.3 is 0 Å². The largest absolute Gasteiger partial charge is 0.368 e. The Morgan fingerprint density at radius 2 is 2.08 bits per heavy atom. The number of nitrogen functional groups attached to an aromatic ring is 1. The van der Waals surface area contributed by atoms with Crippen LogP contribution in [0.2, 0.25) is 0 Å². The molecule has 0 aliphatic carbocycles. The second kappa shape index (κ2) is 2.97. The molecule has 0 unspecified atom stereocenters. The molecule has 2 heterocycles. The highest BCUT2D eigenvalue weighted by atomic mass is 15.2. The van der Waals surface area contributed by atoms with Crippen LogP contribution in [0.25, 0.3) is 0 Å². The van der Waals surface area contributed by atoms with Crippen molar-refractivity contribution < 1.29 is 0 Å². The molecule has 12 heavy (non-hydrogen) atoms. The summed E-state index contributed by atoms with van der Waals surface area (Å²) >= 11 is 0. The fourth-order valence-corrected chi connectivity index (χ4v) is 1.49. The molecule has 1 aliphatic rings. The van der Waals surface area contributed by atoms with Crippen molar-refractivity contribution in [2.75, 3.05) is 23.7 Å². The Balaban J connectivity index is 2.21. The zero-order valence-electron chi connectivity index (χ0n) is 6.90. The van der Waals surface area contributed by atoms with E-state index in [0.29, 0.717) is 5.95 Å². The van der Waals surface area contributed by atoms with Crippen LogP contribution in [-0.4, -0.2) is 23.1 Å². The molecule has 2 N–H and O–H groups in total. The van der Waals surface area contributed by atoms with Gasteiger partial charge in [0.2, 0.25) is 5.95 Å². The Bertz CT molecular complexity index is 268. The molecule has 1 fully saturated rings. The number of rotatable bonds is 1. The fraction of sp³-hybridized carbons (Fsp3) is 0.500. The van der Waals surface area contributed by atoms with Crippen LogP contribution in [0.15, 0.2) is 12.3 Å². The summed E-state index contributed by atoms with van der Waals surface area (Å²) in [6.07, 6.45) is 4.21. The molecule has 0 bridgehead atoms. The monoisotopic (exact) mass is 164 g/mol. The summed E-state index contributed by atoms with van der Waals surface area (Å²) in [4.78, 5) is 10.2. The standard InChI is InChI=1S/C8H12N4/c9-8-10-4-3-7(11-8)12-5-1-2-6-12/h3-4H,1-2,5-6H2,(H2,9,10,11). The van der Waals surface area contributed by atoms with E-state index in [1.54, 1.807) is 6.20 Å². The van der Waals surface area contributed by atoms with Crippen LogP contribution in [0.3, 0.4) is 0 Å². The van der Waals surface area contributed by atoms with E-state index in [9.17, 15) is 0 Å². The third-order valence-electron chi connectivity index (χ3n) is 2.09. The molecule has 1 aliphatic heterocycles. The lowest BCUT2D eigenvalue weighted by atomic mass is 10.4. The molecule has 4 nitrogen and oxygen atoms in total. The smallest absolute Gasteiger partial charge is 0.221 e. The van der Waals surface area contributed by atoms with Gasteiger partial charge in [0, 0.05) is 19.3 Å². The van der Waals surface area contributed by atoms with Crippen LogP contribution >= 0.6 is 0 Å². The third kappa shape index (κ3) is 1.32. The van der Waals surface area contributed by atoms with Crippen LogP contribution < -0.4 is 10.6 Å². The minimum Gasteiger partial charge on any atom is -0.368 e. The van der Waals surface area contributed by atoms with Gasteiger partial charge < -0.3 is 10.6 Å². The zero-order chi connectivity index (χ0) is 8.39. The van der Waals surface area contributed by atoms with Gasteiger partial charge in [-0.05, 0) is 18.9 Å². The van der Waals surface area contributed by atoms with Gasteiger partial charge in [-0.25, -0.2) is 4.98 Å². The molecule has 0 aromatic carbocycles. The highest BCUT2D eigenvalue weighted by Crippen LogP contribution is 2.16. The molecular weight excluding hydrogens is 152 g/mol. The molecule has 1 aromatic heterocycles. The number of nitrogens with zero attached hydrogens (tertiary/aromatic N) is 3. The molecule has 0 spiro atoms. The first-order valence-electron chi connectivity index (χ1n) is 4.20. The summed E-state index contributed by atoms with van der Waals surface area (Å²) in [7, 11) is 0. The number of anilines is 2. The van der Waals surface area contributed by atoms with Gasteiger partial charge in [-0.15, -0.1) is 0 Å². The van der Waals surface area contributed by atoms with E-state index in [4.69, 9.17) is 5.73 Å². The van der Waals surface area contributed by atoms with Crippen molar-refractivity contribution in [3.8, 4) is 0 Å². The molecule has 1 saturated heterocycles. The summed E-state index contributed by atoms with van der Waals surface area (Å²) in [5.74, 6) is 1.32. The third-order valence-corrected chi connectivity index (χ3v) is 2.09.